The van der Waals surface area contributed by atoms with Crippen LogP contribution in [0.5, 0.6) is 5.75 Å². The number of hydrogen-bond donors (Lipinski definition) is 1. The highest BCUT2D eigenvalue weighted by molar-refractivity contribution is 9.10. The van der Waals surface area contributed by atoms with E-state index in [2.05, 4.69) is 15.9 Å². The average Bonchev–Trinajstić information content (AvgIpc) is 2.36. The Bertz CT molecular complexity index is 456. The molecule has 2 nitrogen and oxygen atoms in total. The van der Waals surface area contributed by atoms with Crippen molar-refractivity contribution >= 4 is 15.9 Å². The van der Waals surface area contributed by atoms with Crippen molar-refractivity contribution in [1.82, 2.24) is 0 Å². The highest BCUT2D eigenvalue weighted by Gasteiger charge is 2.33. The minimum atomic E-state index is -0.384. The molecule has 1 fully saturated rings. The molecule has 1 saturated carbocycles. The Morgan fingerprint density at radius 2 is 1.94 bits per heavy atom. The number of benzene rings is 1. The Hall–Kier alpha value is -0.610. The largest absolute Gasteiger partial charge is 0.496 e. The zero-order valence-electron chi connectivity index (χ0n) is 10.9. The zero-order chi connectivity index (χ0) is 13.3. The lowest BCUT2D eigenvalue weighted by Crippen LogP contribution is -2.39. The van der Waals surface area contributed by atoms with E-state index in [1.165, 1.54) is 6.42 Å². The molecule has 0 amide bonds. The maximum atomic E-state index is 13.9. The Balaban J connectivity index is 2.55. The third kappa shape index (κ3) is 2.28. The second kappa shape index (κ2) is 5.17. The average molecular weight is 316 g/mol. The van der Waals surface area contributed by atoms with Crippen LogP contribution in [0.15, 0.2) is 10.5 Å². The number of ether oxygens (including phenoxy) is 1. The van der Waals surface area contributed by atoms with Crippen LogP contribution in [0.2, 0.25) is 0 Å². The number of rotatable bonds is 2. The molecular weight excluding hydrogens is 297 g/mol. The number of hydrogen-bond acceptors (Lipinski definition) is 2. The van der Waals surface area contributed by atoms with E-state index >= 15 is 0 Å². The molecule has 0 aliphatic heterocycles. The van der Waals surface area contributed by atoms with Crippen molar-refractivity contribution in [2.24, 2.45) is 5.73 Å². The zero-order valence-corrected chi connectivity index (χ0v) is 12.4. The molecule has 1 aliphatic rings. The summed E-state index contributed by atoms with van der Waals surface area (Å²) < 4.78 is 19.7. The van der Waals surface area contributed by atoms with Crippen molar-refractivity contribution in [3.05, 3.63) is 27.5 Å². The smallest absolute Gasteiger partial charge is 0.143 e. The molecule has 0 spiro atoms. The van der Waals surface area contributed by atoms with Crippen LogP contribution in [0.3, 0.4) is 0 Å². The van der Waals surface area contributed by atoms with Gasteiger partial charge in [0.15, 0.2) is 0 Å². The minimum Gasteiger partial charge on any atom is -0.496 e. The predicted molar refractivity (Wildman–Crippen MR) is 74.3 cm³/mol. The third-order valence-corrected chi connectivity index (χ3v) is 4.46. The highest BCUT2D eigenvalue weighted by atomic mass is 79.9. The summed E-state index contributed by atoms with van der Waals surface area (Å²) in [7, 11) is 1.57. The fourth-order valence-electron chi connectivity index (χ4n) is 2.82. The first-order valence-corrected chi connectivity index (χ1v) is 7.11. The van der Waals surface area contributed by atoms with Gasteiger partial charge in [-0.1, -0.05) is 19.3 Å². The Kier molecular flexibility index (Phi) is 3.97. The van der Waals surface area contributed by atoms with Crippen LogP contribution in [0.1, 0.15) is 43.2 Å². The fraction of sp³-hybridized carbons (Fsp3) is 0.571. The Labute approximate surface area is 116 Å². The lowest BCUT2D eigenvalue weighted by Gasteiger charge is -2.35. The molecule has 0 heterocycles. The summed E-state index contributed by atoms with van der Waals surface area (Å²) >= 11 is 3.26. The van der Waals surface area contributed by atoms with Gasteiger partial charge in [0.25, 0.3) is 0 Å². The number of halogens is 2. The molecule has 100 valence electrons. The van der Waals surface area contributed by atoms with E-state index < -0.39 is 0 Å². The maximum absolute atomic E-state index is 13.9. The molecule has 0 radical (unpaired) electrons. The molecule has 0 bridgehead atoms. The van der Waals surface area contributed by atoms with Crippen molar-refractivity contribution < 1.29 is 9.13 Å². The third-order valence-electron chi connectivity index (χ3n) is 3.88. The van der Waals surface area contributed by atoms with Gasteiger partial charge in [-0.05, 0) is 41.8 Å². The standard InChI is InChI=1S/C14H19BrFNO/c1-9-12(16)11(15)8-10(13(9)18-2)14(17)6-4-3-5-7-14/h8H,3-7,17H2,1-2H3. The van der Waals surface area contributed by atoms with Crippen LogP contribution in [0, 0.1) is 12.7 Å². The van der Waals surface area contributed by atoms with E-state index in [1.54, 1.807) is 20.1 Å². The van der Waals surface area contributed by atoms with Gasteiger partial charge in [-0.15, -0.1) is 0 Å². The highest BCUT2D eigenvalue weighted by Crippen LogP contribution is 2.42. The van der Waals surface area contributed by atoms with Crippen LogP contribution < -0.4 is 10.5 Å². The molecule has 2 N–H and O–H groups in total. The van der Waals surface area contributed by atoms with Crippen LogP contribution in [-0.2, 0) is 5.54 Å². The van der Waals surface area contributed by atoms with Gasteiger partial charge in [-0.3, -0.25) is 0 Å². The molecule has 0 atom stereocenters. The summed E-state index contributed by atoms with van der Waals surface area (Å²) in [5, 5.41) is 0. The minimum absolute atomic E-state index is 0.269. The first-order valence-electron chi connectivity index (χ1n) is 6.31. The van der Waals surface area contributed by atoms with Crippen molar-refractivity contribution in [2.45, 2.75) is 44.6 Å². The van der Waals surface area contributed by atoms with Gasteiger partial charge in [0.05, 0.1) is 11.6 Å². The van der Waals surface area contributed by atoms with E-state index in [4.69, 9.17) is 10.5 Å². The molecule has 1 aromatic rings. The second-order valence-corrected chi connectivity index (χ2v) is 5.95. The van der Waals surface area contributed by atoms with Gasteiger partial charge in [-0.25, -0.2) is 4.39 Å². The summed E-state index contributed by atoms with van der Waals surface area (Å²) in [4.78, 5) is 0. The van der Waals surface area contributed by atoms with E-state index in [0.717, 1.165) is 31.2 Å². The van der Waals surface area contributed by atoms with Crippen molar-refractivity contribution in [3.8, 4) is 5.75 Å². The summed E-state index contributed by atoms with van der Waals surface area (Å²) in [6.07, 6.45) is 5.33. The molecule has 2 rings (SSSR count). The van der Waals surface area contributed by atoms with Gasteiger partial charge in [0.2, 0.25) is 0 Å². The molecule has 1 aromatic carbocycles. The van der Waals surface area contributed by atoms with Gasteiger partial charge in [-0.2, -0.15) is 0 Å². The summed E-state index contributed by atoms with van der Waals surface area (Å²) in [6.45, 7) is 1.73. The fourth-order valence-corrected chi connectivity index (χ4v) is 3.35. The summed E-state index contributed by atoms with van der Waals surface area (Å²) in [6, 6.07) is 1.78. The van der Waals surface area contributed by atoms with Gasteiger partial charge < -0.3 is 10.5 Å². The van der Waals surface area contributed by atoms with Crippen LogP contribution in [-0.4, -0.2) is 7.11 Å². The Morgan fingerprint density at radius 3 is 2.50 bits per heavy atom. The molecule has 1 aliphatic carbocycles. The van der Waals surface area contributed by atoms with Gasteiger partial charge in [0, 0.05) is 16.7 Å². The first kappa shape index (κ1) is 13.8. The predicted octanol–water partition coefficient (Wildman–Crippen LogP) is 4.02. The molecule has 18 heavy (non-hydrogen) atoms. The molecule has 4 heteroatoms. The number of nitrogens with two attached hydrogens (primary N) is 1. The van der Waals surface area contributed by atoms with E-state index in [0.29, 0.717) is 15.8 Å². The normalized spacial score (nSPS) is 18.7. The SMILES string of the molecule is COc1c(C2(N)CCCCC2)cc(Br)c(F)c1C. The second-order valence-electron chi connectivity index (χ2n) is 5.09. The lowest BCUT2D eigenvalue weighted by molar-refractivity contribution is 0.287. The van der Waals surface area contributed by atoms with Crippen molar-refractivity contribution in [1.29, 1.82) is 0 Å². The Morgan fingerprint density at radius 1 is 1.33 bits per heavy atom. The summed E-state index contributed by atoms with van der Waals surface area (Å²) in [5.41, 5.74) is 7.59. The molecular formula is C14H19BrFNO. The monoisotopic (exact) mass is 315 g/mol. The topological polar surface area (TPSA) is 35.2 Å². The van der Waals surface area contributed by atoms with Gasteiger partial charge >= 0.3 is 0 Å². The first-order chi connectivity index (χ1) is 8.49. The van der Waals surface area contributed by atoms with E-state index in [9.17, 15) is 4.39 Å². The van der Waals surface area contributed by atoms with Crippen molar-refractivity contribution in [3.63, 3.8) is 0 Å². The summed E-state index contributed by atoms with van der Waals surface area (Å²) in [5.74, 6) is 0.329. The molecule has 0 unspecified atom stereocenters. The van der Waals surface area contributed by atoms with E-state index in [-0.39, 0.29) is 11.4 Å². The maximum Gasteiger partial charge on any atom is 0.143 e. The van der Waals surface area contributed by atoms with E-state index in [1.807, 2.05) is 0 Å². The quantitative estimate of drug-likeness (QED) is 0.894. The van der Waals surface area contributed by atoms with Crippen molar-refractivity contribution in [2.75, 3.05) is 7.11 Å². The lowest BCUT2D eigenvalue weighted by atomic mass is 9.76. The van der Waals surface area contributed by atoms with Gasteiger partial charge in [0.1, 0.15) is 11.6 Å². The van der Waals surface area contributed by atoms with Crippen LogP contribution in [0.25, 0.3) is 0 Å². The molecule has 0 aromatic heterocycles. The molecule has 0 saturated heterocycles. The van der Waals surface area contributed by atoms with Crippen LogP contribution >= 0.6 is 15.9 Å². The number of methoxy groups -OCH3 is 1. The van der Waals surface area contributed by atoms with Crippen LogP contribution in [0.4, 0.5) is 4.39 Å².